The van der Waals surface area contributed by atoms with Crippen molar-refractivity contribution >= 4 is 41.2 Å². The fraction of sp³-hybridized carbons (Fsp3) is 0.111. The molecule has 0 radical (unpaired) electrons. The van der Waals surface area contributed by atoms with Gasteiger partial charge in [-0.2, -0.15) is 5.10 Å². The predicted molar refractivity (Wildman–Crippen MR) is 113 cm³/mol. The summed E-state index contributed by atoms with van der Waals surface area (Å²) in [5.74, 6) is 0.0398. The van der Waals surface area contributed by atoms with E-state index in [0.717, 1.165) is 17.8 Å². The van der Waals surface area contributed by atoms with Crippen LogP contribution in [0, 0.1) is 10.1 Å². The molecule has 0 aliphatic heterocycles. The molecule has 2 aromatic carbocycles. The van der Waals surface area contributed by atoms with E-state index in [9.17, 15) is 20.0 Å². The lowest BCUT2D eigenvalue weighted by molar-refractivity contribution is -0.384. The number of hydrazone groups is 1. The summed E-state index contributed by atoms with van der Waals surface area (Å²) in [4.78, 5) is 22.2. The highest BCUT2D eigenvalue weighted by atomic mass is 35.5. The topological polar surface area (TPSA) is 136 Å². The van der Waals surface area contributed by atoms with Crippen LogP contribution in [-0.4, -0.2) is 42.7 Å². The summed E-state index contributed by atoms with van der Waals surface area (Å²) in [6, 6.07) is 10.7. The van der Waals surface area contributed by atoms with E-state index in [1.807, 2.05) is 12.1 Å². The van der Waals surface area contributed by atoms with Crippen molar-refractivity contribution in [3.05, 3.63) is 63.2 Å². The van der Waals surface area contributed by atoms with Crippen LogP contribution in [0.4, 0.5) is 5.69 Å². The number of hydrogen-bond donors (Lipinski definition) is 2. The number of phenolic OH excluding ortho intramolecular Hbond substituents is 1. The summed E-state index contributed by atoms with van der Waals surface area (Å²) in [5, 5.41) is 33.6. The summed E-state index contributed by atoms with van der Waals surface area (Å²) in [5.41, 5.74) is 3.05. The third-order valence-electron chi connectivity index (χ3n) is 3.88. The first-order valence-electron chi connectivity index (χ1n) is 8.42. The number of aromatic nitrogens is 3. The summed E-state index contributed by atoms with van der Waals surface area (Å²) in [6.45, 7) is 0. The molecule has 0 aliphatic rings. The number of non-ortho nitro benzene ring substituents is 1. The van der Waals surface area contributed by atoms with Gasteiger partial charge in [-0.1, -0.05) is 23.4 Å². The first-order chi connectivity index (χ1) is 14.3. The second kappa shape index (κ2) is 9.37. The number of benzene rings is 2. The number of amides is 1. The van der Waals surface area contributed by atoms with E-state index in [4.69, 9.17) is 11.6 Å². The Balaban J connectivity index is 1.58. The number of carbonyl (C=O) groups excluding carboxylic acids is 1. The van der Waals surface area contributed by atoms with Gasteiger partial charge in [-0.15, -0.1) is 10.2 Å². The van der Waals surface area contributed by atoms with Crippen LogP contribution in [-0.2, 0) is 11.8 Å². The van der Waals surface area contributed by atoms with Crippen LogP contribution in [0.2, 0.25) is 5.02 Å². The lowest BCUT2D eigenvalue weighted by Crippen LogP contribution is -2.19. The van der Waals surface area contributed by atoms with Crippen LogP contribution >= 0.6 is 23.4 Å². The highest BCUT2D eigenvalue weighted by Gasteiger charge is 2.13. The number of halogens is 1. The molecular formula is C18H15ClN6O4S. The average molecular weight is 447 g/mol. The van der Waals surface area contributed by atoms with E-state index in [1.165, 1.54) is 23.9 Å². The van der Waals surface area contributed by atoms with Crippen molar-refractivity contribution in [2.45, 2.75) is 5.16 Å². The van der Waals surface area contributed by atoms with Crippen LogP contribution in [0.15, 0.2) is 52.7 Å². The molecule has 1 aromatic heterocycles. The van der Waals surface area contributed by atoms with Gasteiger partial charge in [0.15, 0.2) is 11.0 Å². The molecule has 1 heterocycles. The lowest BCUT2D eigenvalue weighted by atomic mass is 10.2. The molecule has 0 fully saturated rings. The predicted octanol–water partition coefficient (Wildman–Crippen LogP) is 2.99. The zero-order chi connectivity index (χ0) is 21.7. The van der Waals surface area contributed by atoms with E-state index in [1.54, 1.807) is 23.7 Å². The monoisotopic (exact) mass is 446 g/mol. The number of nitrogens with zero attached hydrogens (tertiary/aromatic N) is 5. The third kappa shape index (κ3) is 5.13. The van der Waals surface area contributed by atoms with E-state index in [0.29, 0.717) is 16.0 Å². The number of nitro benzene ring substituents is 1. The molecule has 2 N–H and O–H groups in total. The number of carbonyl (C=O) groups is 1. The lowest BCUT2D eigenvalue weighted by Gasteiger charge is -2.04. The van der Waals surface area contributed by atoms with Gasteiger partial charge >= 0.3 is 0 Å². The van der Waals surface area contributed by atoms with Crippen molar-refractivity contribution in [3.63, 3.8) is 0 Å². The Hall–Kier alpha value is -3.44. The Morgan fingerprint density at radius 3 is 2.77 bits per heavy atom. The Bertz CT molecular complexity index is 1120. The highest BCUT2D eigenvalue weighted by Crippen LogP contribution is 2.24. The molecule has 0 saturated heterocycles. The summed E-state index contributed by atoms with van der Waals surface area (Å²) in [7, 11) is 1.79. The first kappa shape index (κ1) is 21.3. The second-order valence-corrected chi connectivity index (χ2v) is 7.33. The molecule has 1 amide bonds. The van der Waals surface area contributed by atoms with Crippen molar-refractivity contribution in [1.82, 2.24) is 20.2 Å². The molecule has 30 heavy (non-hydrogen) atoms. The smallest absolute Gasteiger partial charge is 0.270 e. The van der Waals surface area contributed by atoms with Gasteiger partial charge in [-0.3, -0.25) is 14.9 Å². The molecule has 0 spiro atoms. The van der Waals surface area contributed by atoms with Gasteiger partial charge in [0.1, 0.15) is 5.75 Å². The number of phenols is 1. The number of rotatable bonds is 7. The van der Waals surface area contributed by atoms with Crippen LogP contribution in [0.25, 0.3) is 11.4 Å². The zero-order valence-electron chi connectivity index (χ0n) is 15.5. The zero-order valence-corrected chi connectivity index (χ0v) is 17.1. The standard InChI is InChI=1S/C18H15ClN6O4S/c1-24-17(11-2-4-13(19)5-3-11)22-23-18(24)30-10-16(27)21-20-9-12-8-14(25(28)29)6-7-15(12)26/h2-9,26H,10H2,1H3,(H,21,27)/b20-9+. The van der Waals surface area contributed by atoms with Crippen LogP contribution in [0.5, 0.6) is 5.75 Å². The first-order valence-corrected chi connectivity index (χ1v) is 9.79. The number of hydrogen-bond acceptors (Lipinski definition) is 8. The quantitative estimate of drug-likeness (QED) is 0.246. The molecule has 0 bridgehead atoms. The Kier molecular flexibility index (Phi) is 6.65. The van der Waals surface area contributed by atoms with E-state index < -0.39 is 10.8 Å². The van der Waals surface area contributed by atoms with Gasteiger partial charge in [0.2, 0.25) is 0 Å². The molecule has 12 heteroatoms. The SMILES string of the molecule is Cn1c(SCC(=O)N/N=C/c2cc([N+](=O)[O-])ccc2O)nnc1-c1ccc(Cl)cc1. The molecule has 0 saturated carbocycles. The van der Waals surface area contributed by atoms with Gasteiger partial charge in [-0.05, 0) is 30.3 Å². The maximum Gasteiger partial charge on any atom is 0.270 e. The van der Waals surface area contributed by atoms with Crippen LogP contribution < -0.4 is 5.43 Å². The van der Waals surface area contributed by atoms with Gasteiger partial charge in [0.25, 0.3) is 11.6 Å². The van der Waals surface area contributed by atoms with E-state index in [2.05, 4.69) is 20.7 Å². The minimum Gasteiger partial charge on any atom is -0.507 e. The molecule has 0 aliphatic carbocycles. The van der Waals surface area contributed by atoms with Gasteiger partial charge in [0, 0.05) is 35.3 Å². The molecule has 10 nitrogen and oxygen atoms in total. The van der Waals surface area contributed by atoms with Crippen molar-refractivity contribution in [1.29, 1.82) is 0 Å². The van der Waals surface area contributed by atoms with Crippen molar-refractivity contribution in [2.24, 2.45) is 12.1 Å². The molecule has 3 rings (SSSR count). The molecule has 0 atom stereocenters. The fourth-order valence-corrected chi connectivity index (χ4v) is 3.22. The van der Waals surface area contributed by atoms with Gasteiger partial charge in [-0.25, -0.2) is 5.43 Å². The van der Waals surface area contributed by atoms with E-state index in [-0.39, 0.29) is 22.8 Å². The Morgan fingerprint density at radius 2 is 2.07 bits per heavy atom. The second-order valence-electron chi connectivity index (χ2n) is 5.95. The number of nitro groups is 1. The van der Waals surface area contributed by atoms with Crippen molar-refractivity contribution in [3.8, 4) is 17.1 Å². The molecule has 0 unspecified atom stereocenters. The van der Waals surface area contributed by atoms with E-state index >= 15 is 0 Å². The molecule has 3 aromatic rings. The van der Waals surface area contributed by atoms with Gasteiger partial charge in [0.05, 0.1) is 16.9 Å². The van der Waals surface area contributed by atoms with Crippen molar-refractivity contribution < 1.29 is 14.8 Å². The highest BCUT2D eigenvalue weighted by molar-refractivity contribution is 7.99. The number of aromatic hydroxyl groups is 1. The Morgan fingerprint density at radius 1 is 1.33 bits per heavy atom. The summed E-state index contributed by atoms with van der Waals surface area (Å²) in [6.07, 6.45) is 1.13. The maximum absolute atomic E-state index is 12.0. The number of thioether (sulfide) groups is 1. The van der Waals surface area contributed by atoms with Crippen LogP contribution in [0.3, 0.4) is 0 Å². The Labute approximate surface area is 179 Å². The maximum atomic E-state index is 12.0. The van der Waals surface area contributed by atoms with Crippen LogP contribution in [0.1, 0.15) is 5.56 Å². The molecular weight excluding hydrogens is 432 g/mol. The molecule has 154 valence electrons. The average Bonchev–Trinajstić information content (AvgIpc) is 3.08. The largest absolute Gasteiger partial charge is 0.507 e. The fourth-order valence-electron chi connectivity index (χ4n) is 2.39. The number of nitrogens with one attached hydrogen (secondary N) is 1. The summed E-state index contributed by atoms with van der Waals surface area (Å²) < 4.78 is 1.76. The third-order valence-corrected chi connectivity index (χ3v) is 5.16. The minimum atomic E-state index is -0.592. The normalized spacial score (nSPS) is 11.0. The minimum absolute atomic E-state index is 0.0187. The van der Waals surface area contributed by atoms with Crippen molar-refractivity contribution in [2.75, 3.05) is 5.75 Å². The van der Waals surface area contributed by atoms with Gasteiger partial charge < -0.3 is 9.67 Å². The summed E-state index contributed by atoms with van der Waals surface area (Å²) >= 11 is 7.06.